The fraction of sp³-hybridized carbons (Fsp3) is 0.455. The number of aromatic nitrogens is 4. The molecule has 6 nitrogen and oxygen atoms in total. The van der Waals surface area contributed by atoms with Crippen molar-refractivity contribution in [3.63, 3.8) is 0 Å². The Morgan fingerprint density at radius 2 is 1.75 bits per heavy atom. The molecule has 0 aliphatic heterocycles. The van der Waals surface area contributed by atoms with E-state index in [0.29, 0.717) is 11.6 Å². The van der Waals surface area contributed by atoms with Gasteiger partial charge in [0.1, 0.15) is 5.82 Å². The number of hydrogen-bond donors (Lipinski definition) is 1. The summed E-state index contributed by atoms with van der Waals surface area (Å²) in [6.45, 7) is 4.17. The lowest BCUT2D eigenvalue weighted by Gasteiger charge is -2.23. The van der Waals surface area contributed by atoms with Gasteiger partial charge in [0.2, 0.25) is 0 Å². The Hall–Kier alpha value is -2.76. The molecule has 0 unspecified atom stereocenters. The highest BCUT2D eigenvalue weighted by atomic mass is 16.1. The first-order valence-electron chi connectivity index (χ1n) is 10.3. The zero-order valence-corrected chi connectivity index (χ0v) is 16.6. The molecule has 2 heterocycles. The van der Waals surface area contributed by atoms with Crippen molar-refractivity contribution in [3.05, 3.63) is 47.4 Å². The number of fused-ring (bicyclic) bond motifs is 1. The molecule has 0 saturated heterocycles. The van der Waals surface area contributed by atoms with Gasteiger partial charge in [0, 0.05) is 11.6 Å². The highest BCUT2D eigenvalue weighted by Gasteiger charge is 2.19. The standard InChI is InChI=1S/C22H27N5O/c1-3-17-18(4-2)25-20-14-15(10-11-19(20)24-17)22(28)26-21-12-13-23-27(21)16-8-6-5-7-9-16/h10-14,16H,3-9H2,1-2H3,(H,26,28). The van der Waals surface area contributed by atoms with E-state index in [4.69, 9.17) is 9.97 Å². The summed E-state index contributed by atoms with van der Waals surface area (Å²) in [5, 5.41) is 7.49. The number of nitrogens with zero attached hydrogens (tertiary/aromatic N) is 4. The van der Waals surface area contributed by atoms with Crippen molar-refractivity contribution in [2.45, 2.75) is 64.8 Å². The number of carbonyl (C=O) groups excluding carboxylic acids is 1. The summed E-state index contributed by atoms with van der Waals surface area (Å²) in [5.74, 6) is 0.623. The van der Waals surface area contributed by atoms with Crippen LogP contribution in [0.25, 0.3) is 11.0 Å². The predicted octanol–water partition coefficient (Wildman–Crippen LogP) is 4.71. The molecular formula is C22H27N5O. The normalized spacial score (nSPS) is 15.1. The number of hydrogen-bond acceptors (Lipinski definition) is 4. The zero-order chi connectivity index (χ0) is 19.5. The molecule has 28 heavy (non-hydrogen) atoms. The lowest BCUT2D eigenvalue weighted by molar-refractivity contribution is 0.102. The van der Waals surface area contributed by atoms with Gasteiger partial charge in [-0.1, -0.05) is 33.1 Å². The second-order valence-electron chi connectivity index (χ2n) is 7.43. The maximum atomic E-state index is 12.9. The van der Waals surface area contributed by atoms with Crippen LogP contribution >= 0.6 is 0 Å². The summed E-state index contributed by atoms with van der Waals surface area (Å²) in [6.07, 6.45) is 9.43. The Balaban J connectivity index is 1.58. The van der Waals surface area contributed by atoms with Crippen molar-refractivity contribution in [3.8, 4) is 0 Å². The van der Waals surface area contributed by atoms with E-state index in [1.165, 1.54) is 19.3 Å². The van der Waals surface area contributed by atoms with E-state index < -0.39 is 0 Å². The molecule has 1 aromatic carbocycles. The van der Waals surface area contributed by atoms with E-state index in [9.17, 15) is 4.79 Å². The van der Waals surface area contributed by atoms with Crippen LogP contribution in [0.2, 0.25) is 0 Å². The van der Waals surface area contributed by atoms with Crippen molar-refractivity contribution >= 4 is 22.8 Å². The molecule has 0 bridgehead atoms. The molecule has 1 aliphatic carbocycles. The van der Waals surface area contributed by atoms with Crippen LogP contribution in [0.4, 0.5) is 5.82 Å². The fourth-order valence-corrected chi connectivity index (χ4v) is 4.05. The van der Waals surface area contributed by atoms with E-state index in [1.807, 2.05) is 28.9 Å². The van der Waals surface area contributed by atoms with Gasteiger partial charge in [0.15, 0.2) is 0 Å². The van der Waals surface area contributed by atoms with Gasteiger partial charge in [-0.2, -0.15) is 5.10 Å². The summed E-state index contributed by atoms with van der Waals surface area (Å²) in [7, 11) is 0. The summed E-state index contributed by atoms with van der Waals surface area (Å²) in [5.41, 5.74) is 4.22. The fourth-order valence-electron chi connectivity index (χ4n) is 4.05. The smallest absolute Gasteiger partial charge is 0.256 e. The Morgan fingerprint density at radius 1 is 1.04 bits per heavy atom. The van der Waals surface area contributed by atoms with E-state index >= 15 is 0 Å². The van der Waals surface area contributed by atoms with Crippen LogP contribution in [0.3, 0.4) is 0 Å². The molecule has 0 spiro atoms. The van der Waals surface area contributed by atoms with Crippen LogP contribution in [0, 0.1) is 0 Å². The topological polar surface area (TPSA) is 72.7 Å². The minimum atomic E-state index is -0.140. The number of anilines is 1. The maximum Gasteiger partial charge on any atom is 0.256 e. The van der Waals surface area contributed by atoms with E-state index in [1.54, 1.807) is 6.20 Å². The Kier molecular flexibility index (Phi) is 5.37. The van der Waals surface area contributed by atoms with Crippen LogP contribution in [0.15, 0.2) is 30.5 Å². The third-order valence-electron chi connectivity index (χ3n) is 5.58. The van der Waals surface area contributed by atoms with Crippen LogP contribution < -0.4 is 5.32 Å². The van der Waals surface area contributed by atoms with E-state index in [2.05, 4.69) is 24.3 Å². The molecule has 2 aromatic heterocycles. The minimum Gasteiger partial charge on any atom is -0.307 e. The molecule has 6 heteroatoms. The van der Waals surface area contributed by atoms with Crippen LogP contribution in [0.1, 0.15) is 73.7 Å². The van der Waals surface area contributed by atoms with Crippen LogP contribution in [-0.2, 0) is 12.8 Å². The minimum absolute atomic E-state index is 0.140. The second-order valence-corrected chi connectivity index (χ2v) is 7.43. The molecule has 1 aliphatic rings. The molecule has 0 atom stereocenters. The molecule has 146 valence electrons. The largest absolute Gasteiger partial charge is 0.307 e. The molecule has 4 rings (SSSR count). The highest BCUT2D eigenvalue weighted by Crippen LogP contribution is 2.30. The highest BCUT2D eigenvalue weighted by molar-refractivity contribution is 6.05. The molecular weight excluding hydrogens is 350 g/mol. The van der Waals surface area contributed by atoms with Gasteiger partial charge < -0.3 is 5.32 Å². The summed E-state index contributed by atoms with van der Waals surface area (Å²) in [4.78, 5) is 22.3. The Labute approximate surface area is 165 Å². The van der Waals surface area contributed by atoms with Gasteiger partial charge in [0.05, 0.1) is 34.7 Å². The lowest BCUT2D eigenvalue weighted by atomic mass is 9.96. The number of nitrogens with one attached hydrogen (secondary N) is 1. The van der Waals surface area contributed by atoms with Crippen molar-refractivity contribution in [2.75, 3.05) is 5.32 Å². The van der Waals surface area contributed by atoms with Gasteiger partial charge in [-0.25, -0.2) is 14.6 Å². The Morgan fingerprint density at radius 3 is 2.46 bits per heavy atom. The SMILES string of the molecule is CCc1nc2ccc(C(=O)Nc3ccnn3C3CCCCC3)cc2nc1CC. The number of rotatable bonds is 5. The molecule has 3 aromatic rings. The zero-order valence-electron chi connectivity index (χ0n) is 16.6. The van der Waals surface area contributed by atoms with Gasteiger partial charge in [-0.05, 0) is 43.9 Å². The average Bonchev–Trinajstić information content (AvgIpc) is 3.20. The van der Waals surface area contributed by atoms with E-state index in [0.717, 1.165) is 53.9 Å². The number of amides is 1. The summed E-state index contributed by atoms with van der Waals surface area (Å²) in [6, 6.07) is 7.78. The first-order valence-corrected chi connectivity index (χ1v) is 10.3. The van der Waals surface area contributed by atoms with Crippen molar-refractivity contribution in [1.29, 1.82) is 0 Å². The Bertz CT molecular complexity index is 988. The molecule has 1 saturated carbocycles. The first kappa shape index (κ1) is 18.6. The van der Waals surface area contributed by atoms with Crippen molar-refractivity contribution < 1.29 is 4.79 Å². The van der Waals surface area contributed by atoms with Crippen LogP contribution in [0.5, 0.6) is 0 Å². The number of aryl methyl sites for hydroxylation is 2. The van der Waals surface area contributed by atoms with Gasteiger partial charge >= 0.3 is 0 Å². The van der Waals surface area contributed by atoms with Crippen LogP contribution in [-0.4, -0.2) is 25.7 Å². The second kappa shape index (κ2) is 8.09. The average molecular weight is 377 g/mol. The lowest BCUT2D eigenvalue weighted by Crippen LogP contribution is -2.20. The first-order chi connectivity index (χ1) is 13.7. The number of benzene rings is 1. The maximum absolute atomic E-state index is 12.9. The quantitative estimate of drug-likeness (QED) is 0.699. The van der Waals surface area contributed by atoms with Crippen molar-refractivity contribution in [1.82, 2.24) is 19.7 Å². The van der Waals surface area contributed by atoms with Gasteiger partial charge in [-0.15, -0.1) is 0 Å². The molecule has 1 fully saturated rings. The third kappa shape index (κ3) is 3.63. The summed E-state index contributed by atoms with van der Waals surface area (Å²) < 4.78 is 1.97. The number of carbonyl (C=O) groups is 1. The predicted molar refractivity (Wildman–Crippen MR) is 111 cm³/mol. The van der Waals surface area contributed by atoms with E-state index in [-0.39, 0.29) is 5.91 Å². The molecule has 0 radical (unpaired) electrons. The van der Waals surface area contributed by atoms with Gasteiger partial charge in [0.25, 0.3) is 5.91 Å². The third-order valence-corrected chi connectivity index (χ3v) is 5.58. The monoisotopic (exact) mass is 377 g/mol. The van der Waals surface area contributed by atoms with Gasteiger partial charge in [-0.3, -0.25) is 4.79 Å². The molecule has 1 amide bonds. The summed E-state index contributed by atoms with van der Waals surface area (Å²) >= 11 is 0. The van der Waals surface area contributed by atoms with Crippen molar-refractivity contribution in [2.24, 2.45) is 0 Å². The molecule has 1 N–H and O–H groups in total.